The first-order chi connectivity index (χ1) is 9.17. The van der Waals surface area contributed by atoms with Gasteiger partial charge in [-0.1, -0.05) is 25.5 Å². The Labute approximate surface area is 115 Å². The van der Waals surface area contributed by atoms with Gasteiger partial charge >= 0.3 is 0 Å². The van der Waals surface area contributed by atoms with E-state index in [1.54, 1.807) is 4.90 Å². The molecule has 0 saturated heterocycles. The van der Waals surface area contributed by atoms with E-state index >= 15 is 0 Å². The van der Waals surface area contributed by atoms with Gasteiger partial charge in [-0.25, -0.2) is 0 Å². The number of rotatable bonds is 8. The van der Waals surface area contributed by atoms with Crippen molar-refractivity contribution in [2.45, 2.75) is 26.2 Å². The predicted octanol–water partition coefficient (Wildman–Crippen LogP) is 1.83. The molecule has 1 amide bonds. The highest BCUT2D eigenvalue weighted by Crippen LogP contribution is 2.12. The Morgan fingerprint density at radius 3 is 2.58 bits per heavy atom. The molecule has 4 heteroatoms. The van der Waals surface area contributed by atoms with Crippen LogP contribution in [0.2, 0.25) is 0 Å². The summed E-state index contributed by atoms with van der Waals surface area (Å²) in [7, 11) is 1.81. The van der Waals surface area contributed by atoms with E-state index in [0.717, 1.165) is 31.6 Å². The lowest BCUT2D eigenvalue weighted by atomic mass is 10.1. The van der Waals surface area contributed by atoms with E-state index in [1.165, 1.54) is 5.56 Å². The number of carbonyl (C=O) groups is 1. The smallest absolute Gasteiger partial charge is 0.260 e. The van der Waals surface area contributed by atoms with Crippen LogP contribution >= 0.6 is 0 Å². The van der Waals surface area contributed by atoms with Gasteiger partial charge in [0.2, 0.25) is 0 Å². The van der Waals surface area contributed by atoms with Crippen molar-refractivity contribution in [3.05, 3.63) is 29.8 Å². The summed E-state index contributed by atoms with van der Waals surface area (Å²) in [5.74, 6) is 0.734. The first-order valence-corrected chi connectivity index (χ1v) is 6.83. The minimum absolute atomic E-state index is 0.0134. The van der Waals surface area contributed by atoms with Crippen LogP contribution in [0.25, 0.3) is 0 Å². The van der Waals surface area contributed by atoms with Gasteiger partial charge in [0.15, 0.2) is 6.61 Å². The lowest BCUT2D eigenvalue weighted by Crippen LogP contribution is -2.32. The van der Waals surface area contributed by atoms with E-state index in [1.807, 2.05) is 31.3 Å². The number of unbranched alkanes of at least 4 members (excludes halogenated alkanes) is 1. The van der Waals surface area contributed by atoms with Crippen molar-refractivity contribution < 1.29 is 9.53 Å². The topological polar surface area (TPSA) is 55.6 Å². The van der Waals surface area contributed by atoms with E-state index in [2.05, 4.69) is 6.92 Å². The van der Waals surface area contributed by atoms with Gasteiger partial charge in [-0.3, -0.25) is 4.79 Å². The molecule has 2 N–H and O–H groups in total. The van der Waals surface area contributed by atoms with Crippen molar-refractivity contribution in [2.75, 3.05) is 26.7 Å². The highest BCUT2D eigenvalue weighted by atomic mass is 16.5. The van der Waals surface area contributed by atoms with Crippen molar-refractivity contribution in [3.8, 4) is 5.75 Å². The molecule has 1 aromatic carbocycles. The molecule has 1 aromatic rings. The van der Waals surface area contributed by atoms with Gasteiger partial charge in [0.1, 0.15) is 5.75 Å². The second kappa shape index (κ2) is 8.53. The normalized spacial score (nSPS) is 10.3. The maximum Gasteiger partial charge on any atom is 0.260 e. The largest absolute Gasteiger partial charge is 0.484 e. The molecule has 0 bridgehead atoms. The Hall–Kier alpha value is -1.55. The number of likely N-dealkylation sites (N-methyl/N-ethyl adjacent to an activating group) is 1. The Balaban J connectivity index is 2.37. The van der Waals surface area contributed by atoms with E-state index in [4.69, 9.17) is 10.5 Å². The second-order valence-electron chi connectivity index (χ2n) is 4.64. The molecular weight excluding hydrogens is 240 g/mol. The SMILES string of the molecule is CCCCN(C)C(=O)COc1ccc(CCN)cc1. The maximum atomic E-state index is 11.8. The molecule has 0 atom stereocenters. The number of hydrogen-bond acceptors (Lipinski definition) is 3. The molecule has 0 fully saturated rings. The van der Waals surface area contributed by atoms with Crippen molar-refractivity contribution >= 4 is 5.91 Å². The van der Waals surface area contributed by atoms with Gasteiger partial charge in [-0.15, -0.1) is 0 Å². The zero-order valence-electron chi connectivity index (χ0n) is 11.9. The van der Waals surface area contributed by atoms with Crippen LogP contribution < -0.4 is 10.5 Å². The van der Waals surface area contributed by atoms with Crippen LogP contribution in [0, 0.1) is 0 Å². The Morgan fingerprint density at radius 1 is 1.32 bits per heavy atom. The first kappa shape index (κ1) is 15.5. The fourth-order valence-electron chi connectivity index (χ4n) is 1.69. The molecule has 0 heterocycles. The summed E-state index contributed by atoms with van der Waals surface area (Å²) >= 11 is 0. The van der Waals surface area contributed by atoms with Gasteiger partial charge in [-0.2, -0.15) is 0 Å². The van der Waals surface area contributed by atoms with E-state index in [-0.39, 0.29) is 12.5 Å². The van der Waals surface area contributed by atoms with Crippen molar-refractivity contribution in [1.29, 1.82) is 0 Å². The van der Waals surface area contributed by atoms with Gasteiger partial charge in [-0.05, 0) is 37.1 Å². The zero-order valence-corrected chi connectivity index (χ0v) is 11.9. The van der Waals surface area contributed by atoms with Gasteiger partial charge in [0.05, 0.1) is 0 Å². The lowest BCUT2D eigenvalue weighted by molar-refractivity contribution is -0.132. The molecule has 0 aliphatic heterocycles. The molecule has 0 spiro atoms. The summed E-state index contributed by atoms with van der Waals surface area (Å²) in [6.45, 7) is 3.63. The number of ether oxygens (including phenoxy) is 1. The summed E-state index contributed by atoms with van der Waals surface area (Å²) in [6, 6.07) is 7.72. The molecular formula is C15H24N2O2. The molecule has 4 nitrogen and oxygen atoms in total. The number of nitrogens with zero attached hydrogens (tertiary/aromatic N) is 1. The predicted molar refractivity (Wildman–Crippen MR) is 77.2 cm³/mol. The summed E-state index contributed by atoms with van der Waals surface area (Å²) in [5, 5.41) is 0. The quantitative estimate of drug-likeness (QED) is 0.779. The van der Waals surface area contributed by atoms with Gasteiger partial charge in [0, 0.05) is 13.6 Å². The second-order valence-corrected chi connectivity index (χ2v) is 4.64. The molecule has 1 rings (SSSR count). The Morgan fingerprint density at radius 2 is 2.00 bits per heavy atom. The molecule has 19 heavy (non-hydrogen) atoms. The van der Waals surface area contributed by atoms with Crippen LogP contribution in [0.15, 0.2) is 24.3 Å². The number of nitrogens with two attached hydrogens (primary N) is 1. The van der Waals surface area contributed by atoms with E-state index < -0.39 is 0 Å². The molecule has 106 valence electrons. The first-order valence-electron chi connectivity index (χ1n) is 6.83. The van der Waals surface area contributed by atoms with Crippen molar-refractivity contribution in [3.63, 3.8) is 0 Å². The van der Waals surface area contributed by atoms with Crippen LogP contribution in [-0.4, -0.2) is 37.6 Å². The van der Waals surface area contributed by atoms with E-state index in [0.29, 0.717) is 6.54 Å². The maximum absolute atomic E-state index is 11.8. The number of amides is 1. The molecule has 0 radical (unpaired) electrons. The minimum Gasteiger partial charge on any atom is -0.484 e. The van der Waals surface area contributed by atoms with Crippen LogP contribution in [0.3, 0.4) is 0 Å². The van der Waals surface area contributed by atoms with Crippen LogP contribution in [0.1, 0.15) is 25.3 Å². The van der Waals surface area contributed by atoms with Crippen LogP contribution in [0.5, 0.6) is 5.75 Å². The number of hydrogen-bond donors (Lipinski definition) is 1. The lowest BCUT2D eigenvalue weighted by Gasteiger charge is -2.17. The molecule has 0 saturated carbocycles. The molecule has 0 aliphatic carbocycles. The van der Waals surface area contributed by atoms with Crippen molar-refractivity contribution in [2.24, 2.45) is 5.73 Å². The average molecular weight is 264 g/mol. The third-order valence-electron chi connectivity index (χ3n) is 2.99. The summed E-state index contributed by atoms with van der Waals surface area (Å²) in [6.07, 6.45) is 2.97. The fraction of sp³-hybridized carbons (Fsp3) is 0.533. The highest BCUT2D eigenvalue weighted by Gasteiger charge is 2.08. The average Bonchev–Trinajstić information content (AvgIpc) is 2.44. The zero-order chi connectivity index (χ0) is 14.1. The number of benzene rings is 1. The third kappa shape index (κ3) is 5.75. The summed E-state index contributed by atoms with van der Waals surface area (Å²) in [4.78, 5) is 13.5. The Bertz CT molecular complexity index is 376. The molecule has 0 unspecified atom stereocenters. The molecule has 0 aliphatic rings. The minimum atomic E-state index is 0.0134. The monoisotopic (exact) mass is 264 g/mol. The standard InChI is InChI=1S/C15H24N2O2/c1-3-4-11-17(2)15(18)12-19-14-7-5-13(6-8-14)9-10-16/h5-8H,3-4,9-12,16H2,1-2H3. The highest BCUT2D eigenvalue weighted by molar-refractivity contribution is 5.77. The fourth-order valence-corrected chi connectivity index (χ4v) is 1.69. The summed E-state index contributed by atoms with van der Waals surface area (Å²) in [5.41, 5.74) is 6.67. The van der Waals surface area contributed by atoms with E-state index in [9.17, 15) is 4.79 Å². The molecule has 0 aromatic heterocycles. The summed E-state index contributed by atoms with van der Waals surface area (Å²) < 4.78 is 5.48. The van der Waals surface area contributed by atoms with Gasteiger partial charge in [0.25, 0.3) is 5.91 Å². The van der Waals surface area contributed by atoms with Crippen LogP contribution in [0.4, 0.5) is 0 Å². The Kier molecular flexibility index (Phi) is 6.97. The van der Waals surface area contributed by atoms with Crippen molar-refractivity contribution in [1.82, 2.24) is 4.90 Å². The van der Waals surface area contributed by atoms with Gasteiger partial charge < -0.3 is 15.4 Å². The van der Waals surface area contributed by atoms with Crippen LogP contribution in [-0.2, 0) is 11.2 Å². The number of carbonyl (C=O) groups excluding carboxylic acids is 1. The third-order valence-corrected chi connectivity index (χ3v) is 2.99.